The lowest BCUT2D eigenvalue weighted by atomic mass is 10.2. The van der Waals surface area contributed by atoms with Crippen molar-refractivity contribution in [3.05, 3.63) is 0 Å². The van der Waals surface area contributed by atoms with Crippen LogP contribution in [0.2, 0.25) is 0 Å². The average Bonchev–Trinajstić information content (AvgIpc) is 2.12. The van der Waals surface area contributed by atoms with Crippen molar-refractivity contribution in [2.45, 2.75) is 33.2 Å². The summed E-state index contributed by atoms with van der Waals surface area (Å²) >= 11 is 0. The topological polar surface area (TPSA) is 20.3 Å². The lowest BCUT2D eigenvalue weighted by molar-refractivity contribution is -0.112. The Labute approximate surface area is 74.9 Å². The van der Waals surface area contributed by atoms with E-state index >= 15 is 0 Å². The number of likely N-dealkylation sites (N-methyl/N-ethyl adjacent to an activating group) is 1. The Morgan fingerprint density at radius 3 is 2.33 bits per heavy atom. The van der Waals surface area contributed by atoms with Crippen molar-refractivity contribution >= 4 is 6.29 Å². The molecule has 0 N–H and O–H groups in total. The van der Waals surface area contributed by atoms with Gasteiger partial charge in [-0.25, -0.2) is 0 Å². The molecule has 0 aromatic rings. The highest BCUT2D eigenvalue weighted by Gasteiger charge is 2.12. The third-order valence-electron chi connectivity index (χ3n) is 1.93. The van der Waals surface area contributed by atoms with E-state index in [2.05, 4.69) is 30.6 Å². The van der Waals surface area contributed by atoms with Crippen molar-refractivity contribution in [3.8, 4) is 11.8 Å². The second-order valence-electron chi connectivity index (χ2n) is 2.56. The number of aldehydes is 1. The standard InChI is InChI=1S/C10H17NO/c1-4-7-8-10(9-12)11(5-2)6-3/h9-10H,5-6,8H2,1-3H3. The molecule has 0 rings (SSSR count). The summed E-state index contributed by atoms with van der Waals surface area (Å²) < 4.78 is 0. The van der Waals surface area contributed by atoms with Gasteiger partial charge in [-0.2, -0.15) is 0 Å². The zero-order valence-corrected chi connectivity index (χ0v) is 8.13. The van der Waals surface area contributed by atoms with E-state index in [0.29, 0.717) is 6.42 Å². The molecule has 0 saturated heterocycles. The van der Waals surface area contributed by atoms with Crippen molar-refractivity contribution in [1.29, 1.82) is 0 Å². The molecule has 0 bridgehead atoms. The van der Waals surface area contributed by atoms with E-state index in [-0.39, 0.29) is 6.04 Å². The first-order chi connectivity index (χ1) is 5.79. The number of carbonyl (C=O) groups excluding carboxylic acids is 1. The molecule has 1 atom stereocenters. The van der Waals surface area contributed by atoms with Gasteiger partial charge >= 0.3 is 0 Å². The molecule has 0 aliphatic heterocycles. The van der Waals surface area contributed by atoms with Gasteiger partial charge in [-0.1, -0.05) is 13.8 Å². The first-order valence-electron chi connectivity index (χ1n) is 4.39. The summed E-state index contributed by atoms with van der Waals surface area (Å²) in [6.07, 6.45) is 1.64. The molecule has 0 aliphatic rings. The van der Waals surface area contributed by atoms with Gasteiger partial charge in [0.05, 0.1) is 6.04 Å². The predicted molar refractivity (Wildman–Crippen MR) is 50.8 cm³/mol. The zero-order valence-electron chi connectivity index (χ0n) is 8.13. The van der Waals surface area contributed by atoms with Crippen LogP contribution in [0.3, 0.4) is 0 Å². The largest absolute Gasteiger partial charge is 0.302 e. The van der Waals surface area contributed by atoms with E-state index < -0.39 is 0 Å². The van der Waals surface area contributed by atoms with E-state index in [0.717, 1.165) is 19.4 Å². The van der Waals surface area contributed by atoms with Crippen LogP contribution in [0.25, 0.3) is 0 Å². The molecule has 0 radical (unpaired) electrons. The number of rotatable bonds is 5. The van der Waals surface area contributed by atoms with Crippen LogP contribution in [-0.4, -0.2) is 30.3 Å². The van der Waals surface area contributed by atoms with Gasteiger partial charge in [-0.15, -0.1) is 11.8 Å². The first kappa shape index (κ1) is 11.2. The zero-order chi connectivity index (χ0) is 9.40. The molecule has 2 heteroatoms. The molecular formula is C10H17NO. The van der Waals surface area contributed by atoms with Gasteiger partial charge in [-0.05, 0) is 20.0 Å². The van der Waals surface area contributed by atoms with Crippen LogP contribution in [0.1, 0.15) is 27.2 Å². The second-order valence-corrected chi connectivity index (χ2v) is 2.56. The minimum atomic E-state index is -0.0209. The lowest BCUT2D eigenvalue weighted by Gasteiger charge is -2.23. The molecule has 0 aromatic heterocycles. The Morgan fingerprint density at radius 2 is 2.00 bits per heavy atom. The van der Waals surface area contributed by atoms with Crippen molar-refractivity contribution in [2.24, 2.45) is 0 Å². The monoisotopic (exact) mass is 167 g/mol. The van der Waals surface area contributed by atoms with Crippen LogP contribution in [0.4, 0.5) is 0 Å². The van der Waals surface area contributed by atoms with Gasteiger partial charge < -0.3 is 4.79 Å². The summed E-state index contributed by atoms with van der Waals surface area (Å²) in [7, 11) is 0. The third kappa shape index (κ3) is 3.54. The summed E-state index contributed by atoms with van der Waals surface area (Å²) in [4.78, 5) is 12.8. The van der Waals surface area contributed by atoms with E-state index in [1.165, 1.54) is 0 Å². The van der Waals surface area contributed by atoms with E-state index in [1.807, 2.05) is 0 Å². The Kier molecular flexibility index (Phi) is 6.41. The molecule has 12 heavy (non-hydrogen) atoms. The molecular weight excluding hydrogens is 150 g/mol. The van der Waals surface area contributed by atoms with E-state index in [1.54, 1.807) is 6.92 Å². The summed E-state index contributed by atoms with van der Waals surface area (Å²) in [6.45, 7) is 7.72. The van der Waals surface area contributed by atoms with Gasteiger partial charge in [0.2, 0.25) is 0 Å². The minimum Gasteiger partial charge on any atom is -0.302 e. The maximum absolute atomic E-state index is 10.7. The fraction of sp³-hybridized carbons (Fsp3) is 0.700. The molecule has 0 amide bonds. The highest BCUT2D eigenvalue weighted by Crippen LogP contribution is 1.99. The fourth-order valence-electron chi connectivity index (χ4n) is 1.16. The van der Waals surface area contributed by atoms with E-state index in [9.17, 15) is 4.79 Å². The Balaban J connectivity index is 4.07. The summed E-state index contributed by atoms with van der Waals surface area (Å²) in [5.74, 6) is 5.73. The van der Waals surface area contributed by atoms with Crippen LogP contribution in [-0.2, 0) is 4.79 Å². The van der Waals surface area contributed by atoms with Crippen LogP contribution in [0, 0.1) is 11.8 Å². The molecule has 0 aromatic carbocycles. The number of nitrogens with zero attached hydrogens (tertiary/aromatic N) is 1. The first-order valence-corrected chi connectivity index (χ1v) is 4.39. The number of carbonyl (C=O) groups is 1. The van der Waals surface area contributed by atoms with Gasteiger partial charge in [0.25, 0.3) is 0 Å². The van der Waals surface area contributed by atoms with Crippen molar-refractivity contribution in [2.75, 3.05) is 13.1 Å². The maximum Gasteiger partial charge on any atom is 0.138 e. The van der Waals surface area contributed by atoms with Crippen LogP contribution in [0.15, 0.2) is 0 Å². The molecule has 0 heterocycles. The van der Waals surface area contributed by atoms with Crippen LogP contribution in [0.5, 0.6) is 0 Å². The van der Waals surface area contributed by atoms with Crippen molar-refractivity contribution in [1.82, 2.24) is 4.90 Å². The average molecular weight is 167 g/mol. The SMILES string of the molecule is CC#CCC(C=O)N(CC)CC. The summed E-state index contributed by atoms with van der Waals surface area (Å²) in [5.41, 5.74) is 0. The molecule has 68 valence electrons. The fourth-order valence-corrected chi connectivity index (χ4v) is 1.16. The molecule has 0 saturated carbocycles. The van der Waals surface area contributed by atoms with Gasteiger partial charge in [-0.3, -0.25) is 4.90 Å². The van der Waals surface area contributed by atoms with Gasteiger partial charge in [0.1, 0.15) is 6.29 Å². The second kappa shape index (κ2) is 6.87. The van der Waals surface area contributed by atoms with Crippen LogP contribution >= 0.6 is 0 Å². The third-order valence-corrected chi connectivity index (χ3v) is 1.93. The van der Waals surface area contributed by atoms with Gasteiger partial charge in [0, 0.05) is 6.42 Å². The summed E-state index contributed by atoms with van der Waals surface area (Å²) in [6, 6.07) is -0.0209. The quantitative estimate of drug-likeness (QED) is 0.454. The smallest absolute Gasteiger partial charge is 0.138 e. The normalized spacial score (nSPS) is 12.0. The van der Waals surface area contributed by atoms with Gasteiger partial charge in [0.15, 0.2) is 0 Å². The molecule has 0 aliphatic carbocycles. The lowest BCUT2D eigenvalue weighted by Crippen LogP contribution is -2.35. The Bertz CT molecular complexity index is 174. The highest BCUT2D eigenvalue weighted by atomic mass is 16.1. The maximum atomic E-state index is 10.7. The molecule has 2 nitrogen and oxygen atoms in total. The highest BCUT2D eigenvalue weighted by molar-refractivity contribution is 5.58. The van der Waals surface area contributed by atoms with Crippen molar-refractivity contribution < 1.29 is 4.79 Å². The Hall–Kier alpha value is -0.810. The van der Waals surface area contributed by atoms with Crippen LogP contribution < -0.4 is 0 Å². The molecule has 0 spiro atoms. The number of hydrogen-bond donors (Lipinski definition) is 0. The van der Waals surface area contributed by atoms with Crippen molar-refractivity contribution in [3.63, 3.8) is 0 Å². The molecule has 0 fully saturated rings. The summed E-state index contributed by atoms with van der Waals surface area (Å²) in [5, 5.41) is 0. The van der Waals surface area contributed by atoms with E-state index in [4.69, 9.17) is 0 Å². The Morgan fingerprint density at radius 1 is 1.42 bits per heavy atom. The molecule has 1 unspecified atom stereocenters. The minimum absolute atomic E-state index is 0.0209. The predicted octanol–water partition coefficient (Wildman–Crippen LogP) is 1.31. The number of hydrogen-bond acceptors (Lipinski definition) is 2.